The largest absolute Gasteiger partial charge is 0.491 e. The van der Waals surface area contributed by atoms with E-state index in [-0.39, 0.29) is 16.6 Å². The third kappa shape index (κ3) is 5.10. The van der Waals surface area contributed by atoms with E-state index in [0.29, 0.717) is 40.7 Å². The van der Waals surface area contributed by atoms with Crippen LogP contribution in [0.15, 0.2) is 47.6 Å². The molecule has 0 aliphatic carbocycles. The number of methoxy groups -OCH3 is 1. The molecule has 0 unspecified atom stereocenters. The van der Waals surface area contributed by atoms with E-state index in [0.717, 1.165) is 5.69 Å². The summed E-state index contributed by atoms with van der Waals surface area (Å²) in [5.41, 5.74) is 8.43. The highest BCUT2D eigenvalue weighted by molar-refractivity contribution is 7.99. The summed E-state index contributed by atoms with van der Waals surface area (Å²) in [5.74, 6) is 0.733. The standard InChI is InChI=1S/C22H20N6O2S/c1-14(19-4-3-9-26-28-19)31-22-18(13-24)20(17(12-23)21(25)27-22)15-5-7-16(8-6-15)30-11-10-29-2/h3-9,14H,10-11H2,1-2H3,(H2,25,27)/t14-/m0/s1. The summed E-state index contributed by atoms with van der Waals surface area (Å²) in [6.45, 7) is 2.84. The second kappa shape index (κ2) is 10.4. The van der Waals surface area contributed by atoms with Gasteiger partial charge in [0.25, 0.3) is 0 Å². The number of benzene rings is 1. The lowest BCUT2D eigenvalue weighted by molar-refractivity contribution is 0.146. The van der Waals surface area contributed by atoms with Gasteiger partial charge in [-0.15, -0.1) is 0 Å². The first kappa shape index (κ1) is 22.0. The fourth-order valence-corrected chi connectivity index (χ4v) is 3.89. The van der Waals surface area contributed by atoms with Crippen molar-refractivity contribution in [2.75, 3.05) is 26.1 Å². The van der Waals surface area contributed by atoms with E-state index < -0.39 is 0 Å². The predicted octanol–water partition coefficient (Wildman–Crippen LogP) is 3.74. The number of thioether (sulfide) groups is 1. The van der Waals surface area contributed by atoms with Crippen LogP contribution in [0.5, 0.6) is 5.75 Å². The summed E-state index contributed by atoms with van der Waals surface area (Å²) >= 11 is 1.34. The van der Waals surface area contributed by atoms with E-state index in [1.807, 2.05) is 13.0 Å². The van der Waals surface area contributed by atoms with Gasteiger partial charge in [-0.3, -0.25) is 0 Å². The lowest BCUT2D eigenvalue weighted by Gasteiger charge is -2.15. The summed E-state index contributed by atoms with van der Waals surface area (Å²) in [5, 5.41) is 28.0. The molecule has 2 N–H and O–H groups in total. The quantitative estimate of drug-likeness (QED) is 0.417. The minimum atomic E-state index is -0.120. The molecule has 0 saturated heterocycles. The van der Waals surface area contributed by atoms with Crippen LogP contribution in [0.4, 0.5) is 5.82 Å². The van der Waals surface area contributed by atoms with E-state index in [9.17, 15) is 10.5 Å². The maximum absolute atomic E-state index is 9.93. The lowest BCUT2D eigenvalue weighted by atomic mass is 9.97. The second-order valence-electron chi connectivity index (χ2n) is 6.43. The van der Waals surface area contributed by atoms with Crippen LogP contribution in [-0.2, 0) is 4.74 Å². The molecule has 2 heterocycles. The van der Waals surface area contributed by atoms with Crippen molar-refractivity contribution < 1.29 is 9.47 Å². The first-order chi connectivity index (χ1) is 15.1. The molecule has 3 rings (SSSR count). The van der Waals surface area contributed by atoms with Crippen LogP contribution in [0.25, 0.3) is 11.1 Å². The molecule has 156 valence electrons. The number of aromatic nitrogens is 3. The highest BCUT2D eigenvalue weighted by atomic mass is 32.2. The molecular formula is C22H20N6O2S. The van der Waals surface area contributed by atoms with Gasteiger partial charge in [0.2, 0.25) is 0 Å². The molecule has 8 nitrogen and oxygen atoms in total. The molecule has 2 aromatic heterocycles. The van der Waals surface area contributed by atoms with Crippen molar-refractivity contribution in [2.45, 2.75) is 17.2 Å². The number of nitriles is 2. The number of hydrogen-bond donors (Lipinski definition) is 1. The van der Waals surface area contributed by atoms with Crippen LogP contribution in [0.3, 0.4) is 0 Å². The van der Waals surface area contributed by atoms with E-state index in [1.54, 1.807) is 43.6 Å². The van der Waals surface area contributed by atoms with Crippen molar-refractivity contribution in [3.8, 4) is 29.0 Å². The smallest absolute Gasteiger partial charge is 0.143 e. The molecule has 0 fully saturated rings. The average Bonchev–Trinajstić information content (AvgIpc) is 2.80. The van der Waals surface area contributed by atoms with E-state index in [2.05, 4.69) is 27.3 Å². The van der Waals surface area contributed by atoms with Crippen molar-refractivity contribution in [2.24, 2.45) is 0 Å². The van der Waals surface area contributed by atoms with Gasteiger partial charge in [0.15, 0.2) is 0 Å². The summed E-state index contributed by atoms with van der Waals surface area (Å²) in [6, 6.07) is 15.1. The van der Waals surface area contributed by atoms with Crippen molar-refractivity contribution in [1.82, 2.24) is 15.2 Å². The predicted molar refractivity (Wildman–Crippen MR) is 117 cm³/mol. The maximum atomic E-state index is 9.93. The minimum absolute atomic E-state index is 0.0748. The molecule has 1 aromatic carbocycles. The number of anilines is 1. The minimum Gasteiger partial charge on any atom is -0.491 e. The third-order valence-corrected chi connectivity index (χ3v) is 5.53. The fraction of sp³-hybridized carbons (Fsp3) is 0.227. The van der Waals surface area contributed by atoms with Gasteiger partial charge in [0.05, 0.1) is 23.1 Å². The van der Waals surface area contributed by atoms with Crippen LogP contribution in [0.1, 0.15) is 29.0 Å². The number of nitrogen functional groups attached to an aromatic ring is 1. The molecule has 0 saturated carbocycles. The molecule has 0 amide bonds. The summed E-state index contributed by atoms with van der Waals surface area (Å²) < 4.78 is 10.6. The van der Waals surface area contributed by atoms with Gasteiger partial charge >= 0.3 is 0 Å². The Morgan fingerprint density at radius 2 is 1.84 bits per heavy atom. The molecule has 0 aliphatic heterocycles. The average molecular weight is 433 g/mol. The zero-order valence-corrected chi connectivity index (χ0v) is 17.9. The Bertz CT molecular complexity index is 1120. The zero-order chi connectivity index (χ0) is 22.2. The van der Waals surface area contributed by atoms with Crippen molar-refractivity contribution >= 4 is 17.6 Å². The molecule has 9 heteroatoms. The van der Waals surface area contributed by atoms with E-state index >= 15 is 0 Å². The molecule has 3 aromatic rings. The molecule has 0 aliphatic rings. The highest BCUT2D eigenvalue weighted by Crippen LogP contribution is 2.40. The van der Waals surface area contributed by atoms with Crippen molar-refractivity contribution in [3.05, 3.63) is 59.4 Å². The van der Waals surface area contributed by atoms with Crippen molar-refractivity contribution in [3.63, 3.8) is 0 Å². The van der Waals surface area contributed by atoms with Gasteiger partial charge in [-0.1, -0.05) is 23.9 Å². The first-order valence-electron chi connectivity index (χ1n) is 9.39. The number of nitrogens with two attached hydrogens (primary N) is 1. The number of nitrogens with zero attached hydrogens (tertiary/aromatic N) is 5. The van der Waals surface area contributed by atoms with Gasteiger partial charge in [0, 0.05) is 18.9 Å². The van der Waals surface area contributed by atoms with Gasteiger partial charge in [0.1, 0.15) is 40.9 Å². The monoisotopic (exact) mass is 432 g/mol. The van der Waals surface area contributed by atoms with Gasteiger partial charge in [-0.05, 0) is 36.8 Å². The number of ether oxygens (including phenoxy) is 2. The molecular weight excluding hydrogens is 412 g/mol. The number of rotatable bonds is 8. The lowest BCUT2D eigenvalue weighted by Crippen LogP contribution is -2.05. The van der Waals surface area contributed by atoms with Crippen LogP contribution >= 0.6 is 11.8 Å². The Labute approximate surface area is 184 Å². The summed E-state index contributed by atoms with van der Waals surface area (Å²) in [4.78, 5) is 4.34. The van der Waals surface area contributed by atoms with E-state index in [4.69, 9.17) is 15.2 Å². The van der Waals surface area contributed by atoms with Crippen LogP contribution in [0.2, 0.25) is 0 Å². The Morgan fingerprint density at radius 1 is 1.10 bits per heavy atom. The first-order valence-corrected chi connectivity index (χ1v) is 10.3. The van der Waals surface area contributed by atoms with Gasteiger partial charge in [-0.2, -0.15) is 20.7 Å². The van der Waals surface area contributed by atoms with Crippen LogP contribution in [-0.4, -0.2) is 35.5 Å². The van der Waals surface area contributed by atoms with Gasteiger partial charge in [-0.25, -0.2) is 4.98 Å². The Balaban J connectivity index is 2.01. The maximum Gasteiger partial charge on any atom is 0.143 e. The second-order valence-corrected chi connectivity index (χ2v) is 7.75. The zero-order valence-electron chi connectivity index (χ0n) is 17.1. The Morgan fingerprint density at radius 3 is 2.45 bits per heavy atom. The summed E-state index contributed by atoms with van der Waals surface area (Å²) in [6.07, 6.45) is 1.60. The number of pyridine rings is 1. The van der Waals surface area contributed by atoms with Gasteiger partial charge < -0.3 is 15.2 Å². The molecule has 1 atom stereocenters. The molecule has 0 bridgehead atoms. The SMILES string of the molecule is COCCOc1ccc(-c2c(C#N)c(N)nc(S[C@@H](C)c3cccnn3)c2C#N)cc1. The van der Waals surface area contributed by atoms with Crippen LogP contribution in [0, 0.1) is 22.7 Å². The topological polar surface area (TPSA) is 131 Å². The molecule has 31 heavy (non-hydrogen) atoms. The normalized spacial score (nSPS) is 11.4. The van der Waals surface area contributed by atoms with E-state index in [1.165, 1.54) is 11.8 Å². The molecule has 0 radical (unpaired) electrons. The van der Waals surface area contributed by atoms with Crippen LogP contribution < -0.4 is 10.5 Å². The molecule has 0 spiro atoms. The van der Waals surface area contributed by atoms with Crippen molar-refractivity contribution in [1.29, 1.82) is 10.5 Å². The summed E-state index contributed by atoms with van der Waals surface area (Å²) in [7, 11) is 1.61. The number of hydrogen-bond acceptors (Lipinski definition) is 9. The Hall–Kier alpha value is -3.66. The fourth-order valence-electron chi connectivity index (χ4n) is 2.89. The third-order valence-electron chi connectivity index (χ3n) is 4.41. The highest BCUT2D eigenvalue weighted by Gasteiger charge is 2.22. The Kier molecular flexibility index (Phi) is 7.39.